The average Bonchev–Trinajstić information content (AvgIpc) is 2.37. The number of hydrogen-bond acceptors (Lipinski definition) is 1. The van der Waals surface area contributed by atoms with E-state index in [0.29, 0.717) is 12.8 Å². The second-order valence-corrected chi connectivity index (χ2v) is 6.35. The molecule has 21 heavy (non-hydrogen) atoms. The van der Waals surface area contributed by atoms with Gasteiger partial charge in [0.15, 0.2) is 0 Å². The lowest BCUT2D eigenvalue weighted by molar-refractivity contribution is -0.189. The zero-order valence-electron chi connectivity index (χ0n) is 12.9. The Morgan fingerprint density at radius 3 is 2.19 bits per heavy atom. The minimum Gasteiger partial charge on any atom is -0.307 e. The summed E-state index contributed by atoms with van der Waals surface area (Å²) in [5.74, 6) is -1.21. The number of rotatable bonds is 3. The Hall–Kier alpha value is -1.03. The van der Waals surface area contributed by atoms with Gasteiger partial charge in [0.05, 0.1) is 5.92 Å². The summed E-state index contributed by atoms with van der Waals surface area (Å²) < 4.78 is 39.4. The van der Waals surface area contributed by atoms with Crippen molar-refractivity contribution in [3.8, 4) is 0 Å². The van der Waals surface area contributed by atoms with Gasteiger partial charge in [-0.1, -0.05) is 42.2 Å². The fourth-order valence-electron chi connectivity index (χ4n) is 3.40. The molecule has 1 saturated carbocycles. The number of benzene rings is 1. The van der Waals surface area contributed by atoms with Crippen LogP contribution in [0.2, 0.25) is 0 Å². The molecule has 0 spiro atoms. The minimum absolute atomic E-state index is 0.0588. The van der Waals surface area contributed by atoms with Crippen LogP contribution in [0.5, 0.6) is 0 Å². The van der Waals surface area contributed by atoms with Gasteiger partial charge in [-0.05, 0) is 39.2 Å². The number of hydrogen-bond donors (Lipinski definition) is 1. The molecule has 1 N–H and O–H groups in total. The van der Waals surface area contributed by atoms with E-state index in [-0.39, 0.29) is 12.5 Å². The van der Waals surface area contributed by atoms with E-state index in [1.165, 1.54) is 0 Å². The van der Waals surface area contributed by atoms with E-state index >= 15 is 0 Å². The van der Waals surface area contributed by atoms with Crippen molar-refractivity contribution in [3.05, 3.63) is 34.9 Å². The molecule has 1 aromatic rings. The van der Waals surface area contributed by atoms with E-state index in [1.54, 1.807) is 0 Å². The lowest BCUT2D eigenvalue weighted by Crippen LogP contribution is -2.46. The van der Waals surface area contributed by atoms with Crippen molar-refractivity contribution in [1.29, 1.82) is 0 Å². The Labute approximate surface area is 124 Å². The quantitative estimate of drug-likeness (QED) is 0.821. The van der Waals surface area contributed by atoms with Crippen LogP contribution in [-0.4, -0.2) is 12.2 Å². The smallest absolute Gasteiger partial charge is 0.307 e. The predicted molar refractivity (Wildman–Crippen MR) is 79.3 cm³/mol. The SMILES string of the molecule is Cc1cc(C)cc(C(C)NC2CCCCC2C(F)(F)F)c1. The van der Waals surface area contributed by atoms with E-state index in [4.69, 9.17) is 0 Å². The van der Waals surface area contributed by atoms with Crippen molar-refractivity contribution >= 4 is 0 Å². The van der Waals surface area contributed by atoms with Gasteiger partial charge in [0.25, 0.3) is 0 Å². The molecule has 0 aromatic heterocycles. The zero-order valence-corrected chi connectivity index (χ0v) is 12.9. The summed E-state index contributed by atoms with van der Waals surface area (Å²) in [6, 6.07) is 5.66. The fourth-order valence-corrected chi connectivity index (χ4v) is 3.40. The third-order valence-electron chi connectivity index (χ3n) is 4.39. The molecule has 118 valence electrons. The van der Waals surface area contributed by atoms with Crippen molar-refractivity contribution in [2.75, 3.05) is 0 Å². The summed E-state index contributed by atoms with van der Waals surface area (Å²) in [6.45, 7) is 5.99. The Morgan fingerprint density at radius 2 is 1.62 bits per heavy atom. The number of halogens is 3. The molecule has 0 amide bonds. The van der Waals surface area contributed by atoms with Gasteiger partial charge in [-0.25, -0.2) is 0 Å². The highest BCUT2D eigenvalue weighted by Gasteiger charge is 2.45. The maximum absolute atomic E-state index is 13.1. The van der Waals surface area contributed by atoms with Crippen LogP contribution in [0, 0.1) is 19.8 Å². The van der Waals surface area contributed by atoms with Crippen LogP contribution < -0.4 is 5.32 Å². The average molecular weight is 299 g/mol. The van der Waals surface area contributed by atoms with E-state index < -0.39 is 18.1 Å². The highest BCUT2D eigenvalue weighted by molar-refractivity contribution is 5.30. The van der Waals surface area contributed by atoms with Crippen molar-refractivity contribution < 1.29 is 13.2 Å². The van der Waals surface area contributed by atoms with Crippen molar-refractivity contribution in [3.63, 3.8) is 0 Å². The Balaban J connectivity index is 2.11. The van der Waals surface area contributed by atoms with Crippen LogP contribution >= 0.6 is 0 Å². The van der Waals surface area contributed by atoms with Gasteiger partial charge in [0.2, 0.25) is 0 Å². The number of nitrogens with one attached hydrogen (secondary N) is 1. The van der Waals surface area contributed by atoms with Crippen molar-refractivity contribution in [2.24, 2.45) is 5.92 Å². The molecular formula is C17H24F3N. The van der Waals surface area contributed by atoms with Crippen LogP contribution in [-0.2, 0) is 0 Å². The van der Waals surface area contributed by atoms with Crippen molar-refractivity contribution in [2.45, 2.75) is 64.7 Å². The van der Waals surface area contributed by atoms with Gasteiger partial charge in [0.1, 0.15) is 0 Å². The summed E-state index contributed by atoms with van der Waals surface area (Å²) >= 11 is 0. The van der Waals surface area contributed by atoms with Gasteiger partial charge >= 0.3 is 6.18 Å². The van der Waals surface area contributed by atoms with Gasteiger partial charge in [-0.2, -0.15) is 13.2 Å². The normalized spacial score (nSPS) is 24.9. The van der Waals surface area contributed by atoms with Gasteiger partial charge in [0, 0.05) is 12.1 Å². The van der Waals surface area contributed by atoms with Crippen LogP contribution in [0.1, 0.15) is 55.3 Å². The first-order valence-corrected chi connectivity index (χ1v) is 7.68. The molecule has 1 aliphatic carbocycles. The Bertz CT molecular complexity index is 461. The van der Waals surface area contributed by atoms with Crippen molar-refractivity contribution in [1.82, 2.24) is 5.32 Å². The van der Waals surface area contributed by atoms with E-state index in [9.17, 15) is 13.2 Å². The summed E-state index contributed by atoms with van der Waals surface area (Å²) in [6.07, 6.45) is -1.68. The number of alkyl halides is 3. The highest BCUT2D eigenvalue weighted by atomic mass is 19.4. The van der Waals surface area contributed by atoms with E-state index in [1.807, 2.05) is 20.8 Å². The molecule has 0 radical (unpaired) electrons. The topological polar surface area (TPSA) is 12.0 Å². The maximum Gasteiger partial charge on any atom is 0.393 e. The van der Waals surface area contributed by atoms with E-state index in [2.05, 4.69) is 23.5 Å². The van der Waals surface area contributed by atoms with Gasteiger partial charge < -0.3 is 5.32 Å². The second kappa shape index (κ2) is 6.39. The first-order chi connectivity index (χ1) is 9.77. The predicted octanol–water partition coefficient (Wildman–Crippen LogP) is 5.08. The summed E-state index contributed by atoms with van der Waals surface area (Å²) in [5.41, 5.74) is 3.36. The first-order valence-electron chi connectivity index (χ1n) is 7.68. The summed E-state index contributed by atoms with van der Waals surface area (Å²) in [5, 5.41) is 3.23. The monoisotopic (exact) mass is 299 g/mol. The molecule has 0 bridgehead atoms. The third-order valence-corrected chi connectivity index (χ3v) is 4.39. The molecule has 3 atom stereocenters. The second-order valence-electron chi connectivity index (χ2n) is 6.35. The molecule has 0 aliphatic heterocycles. The molecule has 2 rings (SSSR count). The Kier molecular flexibility index (Phi) is 4.97. The molecular weight excluding hydrogens is 275 g/mol. The van der Waals surface area contributed by atoms with Gasteiger partial charge in [-0.3, -0.25) is 0 Å². The highest BCUT2D eigenvalue weighted by Crippen LogP contribution is 2.38. The number of aryl methyl sites for hydroxylation is 2. The van der Waals surface area contributed by atoms with Crippen LogP contribution in [0.25, 0.3) is 0 Å². The van der Waals surface area contributed by atoms with Crippen LogP contribution in [0.4, 0.5) is 13.2 Å². The lowest BCUT2D eigenvalue weighted by Gasteiger charge is -2.35. The van der Waals surface area contributed by atoms with Gasteiger partial charge in [-0.15, -0.1) is 0 Å². The first kappa shape index (κ1) is 16.3. The minimum atomic E-state index is -4.10. The molecule has 1 nitrogen and oxygen atoms in total. The Morgan fingerprint density at radius 1 is 1.05 bits per heavy atom. The molecule has 1 aromatic carbocycles. The third kappa shape index (κ3) is 4.22. The molecule has 1 aliphatic rings. The molecule has 4 heteroatoms. The lowest BCUT2D eigenvalue weighted by atomic mass is 9.83. The summed E-state index contributed by atoms with van der Waals surface area (Å²) in [4.78, 5) is 0. The molecule has 3 unspecified atom stereocenters. The standard InChI is InChI=1S/C17H24F3N/c1-11-8-12(2)10-14(9-11)13(3)21-16-7-5-4-6-15(16)17(18,19)20/h8-10,13,15-16,21H,4-7H2,1-3H3. The molecule has 1 fully saturated rings. The maximum atomic E-state index is 13.1. The fraction of sp³-hybridized carbons (Fsp3) is 0.647. The zero-order chi connectivity index (χ0) is 15.6. The largest absolute Gasteiger partial charge is 0.393 e. The van der Waals surface area contributed by atoms with Crippen LogP contribution in [0.15, 0.2) is 18.2 Å². The van der Waals surface area contributed by atoms with E-state index in [0.717, 1.165) is 23.1 Å². The summed E-state index contributed by atoms with van der Waals surface area (Å²) in [7, 11) is 0. The molecule has 0 heterocycles. The molecule has 0 saturated heterocycles. The van der Waals surface area contributed by atoms with Crippen LogP contribution in [0.3, 0.4) is 0 Å².